The van der Waals surface area contributed by atoms with Crippen molar-refractivity contribution in [2.75, 3.05) is 0 Å². The zero-order valence-corrected chi connectivity index (χ0v) is 11.2. The summed E-state index contributed by atoms with van der Waals surface area (Å²) in [5.41, 5.74) is 0.798. The second-order valence-electron chi connectivity index (χ2n) is 4.45. The van der Waals surface area contributed by atoms with E-state index < -0.39 is 18.1 Å². The molecule has 0 unspecified atom stereocenters. The highest BCUT2D eigenvalue weighted by molar-refractivity contribution is 5.94. The zero-order chi connectivity index (χ0) is 15.2. The standard InChI is InChI=1S/C15H14N2O4/c18-13-7-6-11(9-17(13)10-14(19)20)8-16-15(21)12-4-2-1-3-5-12/h1-7,9H,8,10H2,(H,16,21)(H,19,20). The van der Waals surface area contributed by atoms with Crippen LogP contribution in [0.25, 0.3) is 0 Å². The lowest BCUT2D eigenvalue weighted by molar-refractivity contribution is -0.137. The number of hydrogen-bond donors (Lipinski definition) is 2. The Hall–Kier alpha value is -2.89. The third kappa shape index (κ3) is 4.04. The van der Waals surface area contributed by atoms with E-state index in [4.69, 9.17) is 5.11 Å². The molecule has 0 fully saturated rings. The second kappa shape index (κ2) is 6.51. The van der Waals surface area contributed by atoms with E-state index in [-0.39, 0.29) is 12.5 Å². The van der Waals surface area contributed by atoms with E-state index in [1.54, 1.807) is 30.3 Å². The summed E-state index contributed by atoms with van der Waals surface area (Å²) in [4.78, 5) is 34.0. The molecule has 1 aromatic carbocycles. The van der Waals surface area contributed by atoms with Gasteiger partial charge in [0.15, 0.2) is 0 Å². The SMILES string of the molecule is O=C(O)Cn1cc(CNC(=O)c2ccccc2)ccc1=O. The van der Waals surface area contributed by atoms with Crippen LogP contribution in [0.15, 0.2) is 53.5 Å². The van der Waals surface area contributed by atoms with E-state index in [1.165, 1.54) is 12.3 Å². The number of nitrogens with zero attached hydrogens (tertiary/aromatic N) is 1. The first kappa shape index (κ1) is 14.5. The molecule has 0 spiro atoms. The average molecular weight is 286 g/mol. The molecule has 1 heterocycles. The largest absolute Gasteiger partial charge is 0.480 e. The minimum absolute atomic E-state index is 0.216. The maximum absolute atomic E-state index is 11.9. The van der Waals surface area contributed by atoms with Crippen LogP contribution >= 0.6 is 0 Å². The normalized spacial score (nSPS) is 10.1. The van der Waals surface area contributed by atoms with E-state index in [0.29, 0.717) is 11.1 Å². The molecule has 0 saturated heterocycles. The minimum atomic E-state index is -1.09. The number of rotatable bonds is 5. The number of hydrogen-bond acceptors (Lipinski definition) is 3. The predicted molar refractivity (Wildman–Crippen MR) is 76.0 cm³/mol. The van der Waals surface area contributed by atoms with Gasteiger partial charge in [-0.2, -0.15) is 0 Å². The molecule has 1 aromatic heterocycles. The van der Waals surface area contributed by atoms with Gasteiger partial charge in [0.05, 0.1) is 0 Å². The van der Waals surface area contributed by atoms with Crippen LogP contribution in [-0.2, 0) is 17.9 Å². The molecule has 0 radical (unpaired) electrons. The van der Waals surface area contributed by atoms with Crippen LogP contribution in [0, 0.1) is 0 Å². The Kier molecular flexibility index (Phi) is 4.50. The summed E-state index contributed by atoms with van der Waals surface area (Å²) in [5.74, 6) is -1.32. The third-order valence-electron chi connectivity index (χ3n) is 2.84. The maximum atomic E-state index is 11.9. The van der Waals surface area contributed by atoms with Crippen LogP contribution in [0.1, 0.15) is 15.9 Å². The van der Waals surface area contributed by atoms with Crippen LogP contribution in [-0.4, -0.2) is 21.6 Å². The number of benzene rings is 1. The predicted octanol–water partition coefficient (Wildman–Crippen LogP) is 0.863. The number of nitrogens with one attached hydrogen (secondary N) is 1. The van der Waals surface area contributed by atoms with Gasteiger partial charge in [-0.1, -0.05) is 24.3 Å². The summed E-state index contributed by atoms with van der Waals surface area (Å²) < 4.78 is 1.09. The molecule has 2 N–H and O–H groups in total. The van der Waals surface area contributed by atoms with Gasteiger partial charge in [0.25, 0.3) is 11.5 Å². The molecular weight excluding hydrogens is 272 g/mol. The topological polar surface area (TPSA) is 88.4 Å². The number of aliphatic carboxylic acids is 1. The van der Waals surface area contributed by atoms with Crippen molar-refractivity contribution in [3.05, 3.63) is 70.1 Å². The lowest BCUT2D eigenvalue weighted by atomic mass is 10.2. The summed E-state index contributed by atoms with van der Waals surface area (Å²) in [6.07, 6.45) is 1.43. The Balaban J connectivity index is 2.05. The van der Waals surface area contributed by atoms with Crippen LogP contribution in [0.5, 0.6) is 0 Å². The van der Waals surface area contributed by atoms with E-state index in [0.717, 1.165) is 4.57 Å². The molecule has 6 nitrogen and oxygen atoms in total. The van der Waals surface area contributed by atoms with Crippen LogP contribution in [0.4, 0.5) is 0 Å². The first-order valence-electron chi connectivity index (χ1n) is 6.30. The van der Waals surface area contributed by atoms with Gasteiger partial charge in [0.1, 0.15) is 6.54 Å². The van der Waals surface area contributed by atoms with Crippen molar-refractivity contribution in [3.63, 3.8) is 0 Å². The molecular formula is C15H14N2O4. The highest BCUT2D eigenvalue weighted by Crippen LogP contribution is 2.00. The van der Waals surface area contributed by atoms with E-state index in [9.17, 15) is 14.4 Å². The van der Waals surface area contributed by atoms with Gasteiger partial charge in [-0.05, 0) is 17.7 Å². The molecule has 0 aliphatic heterocycles. The van der Waals surface area contributed by atoms with Gasteiger partial charge in [0, 0.05) is 24.4 Å². The molecule has 21 heavy (non-hydrogen) atoms. The summed E-state index contributed by atoms with van der Waals surface area (Å²) in [7, 11) is 0. The third-order valence-corrected chi connectivity index (χ3v) is 2.84. The summed E-state index contributed by atoms with van der Waals surface area (Å²) >= 11 is 0. The number of carboxylic acid groups (broad SMARTS) is 1. The van der Waals surface area contributed by atoms with Crippen molar-refractivity contribution in [2.24, 2.45) is 0 Å². The average Bonchev–Trinajstić information content (AvgIpc) is 2.48. The van der Waals surface area contributed by atoms with Crippen LogP contribution < -0.4 is 10.9 Å². The van der Waals surface area contributed by atoms with Crippen molar-refractivity contribution in [2.45, 2.75) is 13.1 Å². The molecule has 0 aliphatic rings. The van der Waals surface area contributed by atoms with Crippen molar-refractivity contribution in [1.82, 2.24) is 9.88 Å². The summed E-state index contributed by atoms with van der Waals surface area (Å²) in [5, 5.41) is 11.4. The summed E-state index contributed by atoms with van der Waals surface area (Å²) in [6.45, 7) is -0.188. The number of carboxylic acids is 1. The fourth-order valence-electron chi connectivity index (χ4n) is 1.83. The molecule has 0 aliphatic carbocycles. The Morgan fingerprint density at radius 2 is 1.81 bits per heavy atom. The van der Waals surface area contributed by atoms with E-state index >= 15 is 0 Å². The van der Waals surface area contributed by atoms with Crippen molar-refractivity contribution in [3.8, 4) is 0 Å². The molecule has 0 saturated carbocycles. The van der Waals surface area contributed by atoms with Gasteiger partial charge in [-0.3, -0.25) is 14.4 Å². The first-order chi connectivity index (χ1) is 10.1. The molecule has 6 heteroatoms. The van der Waals surface area contributed by atoms with Crippen LogP contribution in [0.3, 0.4) is 0 Å². The van der Waals surface area contributed by atoms with Crippen molar-refractivity contribution < 1.29 is 14.7 Å². The second-order valence-corrected chi connectivity index (χ2v) is 4.45. The molecule has 2 rings (SSSR count). The quantitative estimate of drug-likeness (QED) is 0.853. The van der Waals surface area contributed by atoms with Crippen molar-refractivity contribution >= 4 is 11.9 Å². The summed E-state index contributed by atoms with van der Waals surface area (Å²) in [6, 6.07) is 11.6. The first-order valence-corrected chi connectivity index (χ1v) is 6.30. The van der Waals surface area contributed by atoms with Crippen LogP contribution in [0.2, 0.25) is 0 Å². The Morgan fingerprint density at radius 1 is 1.10 bits per heavy atom. The fourth-order valence-corrected chi connectivity index (χ4v) is 1.83. The van der Waals surface area contributed by atoms with E-state index in [2.05, 4.69) is 5.32 Å². The molecule has 108 valence electrons. The number of amides is 1. The molecule has 2 aromatic rings. The number of aromatic nitrogens is 1. The zero-order valence-electron chi connectivity index (χ0n) is 11.2. The Bertz CT molecular complexity index is 707. The van der Waals surface area contributed by atoms with Gasteiger partial charge in [0.2, 0.25) is 0 Å². The highest BCUT2D eigenvalue weighted by atomic mass is 16.4. The minimum Gasteiger partial charge on any atom is -0.480 e. The fraction of sp³-hybridized carbons (Fsp3) is 0.133. The van der Waals surface area contributed by atoms with Gasteiger partial charge in [-0.15, -0.1) is 0 Å². The highest BCUT2D eigenvalue weighted by Gasteiger charge is 2.06. The van der Waals surface area contributed by atoms with Crippen molar-refractivity contribution in [1.29, 1.82) is 0 Å². The number of carbonyl (C=O) groups is 2. The van der Waals surface area contributed by atoms with E-state index in [1.807, 2.05) is 6.07 Å². The van der Waals surface area contributed by atoms with Gasteiger partial charge in [-0.25, -0.2) is 0 Å². The number of carbonyl (C=O) groups excluding carboxylic acids is 1. The smallest absolute Gasteiger partial charge is 0.323 e. The van der Waals surface area contributed by atoms with Gasteiger partial charge < -0.3 is 15.0 Å². The Morgan fingerprint density at radius 3 is 2.48 bits per heavy atom. The monoisotopic (exact) mass is 286 g/mol. The number of pyridine rings is 1. The molecule has 0 atom stereocenters. The van der Waals surface area contributed by atoms with Gasteiger partial charge >= 0.3 is 5.97 Å². The lowest BCUT2D eigenvalue weighted by Gasteiger charge is -2.08. The molecule has 1 amide bonds. The lowest BCUT2D eigenvalue weighted by Crippen LogP contribution is -2.26. The maximum Gasteiger partial charge on any atom is 0.323 e. The molecule has 0 bridgehead atoms. The Labute approximate surface area is 120 Å².